The Morgan fingerprint density at radius 1 is 1.24 bits per heavy atom. The van der Waals surface area contributed by atoms with Crippen molar-refractivity contribution in [1.29, 1.82) is 0 Å². The molecule has 1 fully saturated rings. The minimum atomic E-state index is -0.476. The van der Waals surface area contributed by atoms with E-state index < -0.39 is 5.82 Å². The van der Waals surface area contributed by atoms with Gasteiger partial charge in [-0.2, -0.15) is 4.68 Å². The molecule has 12 heteroatoms. The first-order valence-corrected chi connectivity index (χ1v) is 11.1. The van der Waals surface area contributed by atoms with Gasteiger partial charge in [-0.3, -0.25) is 4.40 Å². The Morgan fingerprint density at radius 2 is 2.06 bits per heavy atom. The number of ether oxygens (including phenoxy) is 1. The maximum absolute atomic E-state index is 14.6. The third-order valence-corrected chi connectivity index (χ3v) is 5.77. The van der Waals surface area contributed by atoms with Crippen LogP contribution in [-0.4, -0.2) is 64.8 Å². The summed E-state index contributed by atoms with van der Waals surface area (Å²) in [5.74, 6) is 0.290. The largest absolute Gasteiger partial charge is 0.447 e. The summed E-state index contributed by atoms with van der Waals surface area (Å²) in [4.78, 5) is 22.9. The number of amides is 1. The maximum atomic E-state index is 14.6. The number of piperidine rings is 1. The van der Waals surface area contributed by atoms with Gasteiger partial charge < -0.3 is 15.0 Å². The summed E-state index contributed by atoms with van der Waals surface area (Å²) in [6.45, 7) is 4.96. The summed E-state index contributed by atoms with van der Waals surface area (Å²) in [6, 6.07) is 4.67. The first-order chi connectivity index (χ1) is 16.5. The molecule has 1 aliphatic rings. The van der Waals surface area contributed by atoms with E-state index >= 15 is 0 Å². The molecule has 0 aliphatic carbocycles. The predicted octanol–water partition coefficient (Wildman–Crippen LogP) is 3.31. The van der Waals surface area contributed by atoms with Crippen LogP contribution in [-0.2, 0) is 4.74 Å². The molecule has 11 nitrogen and oxygen atoms in total. The van der Waals surface area contributed by atoms with Crippen LogP contribution >= 0.6 is 0 Å². The van der Waals surface area contributed by atoms with Crippen LogP contribution in [0.3, 0.4) is 0 Å². The second kappa shape index (κ2) is 9.04. The molecule has 1 aliphatic heterocycles. The van der Waals surface area contributed by atoms with Crippen LogP contribution in [0.15, 0.2) is 43.1 Å². The average molecular weight is 465 g/mol. The Morgan fingerprint density at radius 3 is 2.76 bits per heavy atom. The Kier molecular flexibility index (Phi) is 5.78. The topological polar surface area (TPSA) is 115 Å². The number of rotatable bonds is 5. The Hall–Kier alpha value is -4.09. The number of carbonyl (C=O) groups excluding carboxylic acids is 1. The van der Waals surface area contributed by atoms with Crippen molar-refractivity contribution in [3.8, 4) is 5.69 Å². The molecule has 4 aromatic rings. The van der Waals surface area contributed by atoms with Crippen molar-refractivity contribution >= 4 is 23.2 Å². The van der Waals surface area contributed by atoms with Crippen molar-refractivity contribution < 1.29 is 13.9 Å². The lowest BCUT2D eigenvalue weighted by atomic mass is 9.94. The summed E-state index contributed by atoms with van der Waals surface area (Å²) < 4.78 is 23.2. The molecule has 34 heavy (non-hydrogen) atoms. The first kappa shape index (κ1) is 21.7. The van der Waals surface area contributed by atoms with Crippen molar-refractivity contribution in [1.82, 2.24) is 39.5 Å². The minimum Gasteiger partial charge on any atom is -0.447 e. The Labute approximate surface area is 194 Å². The molecule has 3 aromatic heterocycles. The number of anilines is 2. The minimum absolute atomic E-state index is 0.133. The molecule has 4 heterocycles. The van der Waals surface area contributed by atoms with Crippen molar-refractivity contribution in [2.75, 3.05) is 18.4 Å². The van der Waals surface area contributed by atoms with Gasteiger partial charge in [0.15, 0.2) is 17.3 Å². The fraction of sp³-hybridized carbons (Fsp3) is 0.364. The number of hydrogen-bond donors (Lipinski definition) is 1. The molecule has 1 saturated heterocycles. The molecular formula is C22H24FN9O2. The van der Waals surface area contributed by atoms with Crippen LogP contribution in [0.25, 0.3) is 11.3 Å². The number of halogens is 1. The average Bonchev–Trinajstić information content (AvgIpc) is 3.50. The lowest BCUT2D eigenvalue weighted by molar-refractivity contribution is 0.0690. The molecule has 1 amide bonds. The molecule has 0 bridgehead atoms. The SMILES string of the molecule is CC(C)OC(=O)N1CCC(c2cnc3c(Nc4ccc(-n5cnnn5)c(F)c4)nccn23)CC1. The number of benzene rings is 1. The third kappa shape index (κ3) is 4.26. The molecular weight excluding hydrogens is 441 g/mol. The van der Waals surface area contributed by atoms with Gasteiger partial charge in [-0.15, -0.1) is 5.10 Å². The van der Waals surface area contributed by atoms with Gasteiger partial charge in [-0.1, -0.05) is 0 Å². The number of hydrogen-bond acceptors (Lipinski definition) is 8. The zero-order valence-corrected chi connectivity index (χ0v) is 18.8. The standard InChI is InChI=1S/C22H24FN9O2/c1-14(2)34-22(33)30-8-5-15(6-9-30)19-12-25-21-20(24-7-10-31(19)21)27-16-3-4-18(17(23)11-16)32-13-26-28-29-32/h3-4,7,10-15H,5-6,8-9H2,1-2H3,(H,24,27). The summed E-state index contributed by atoms with van der Waals surface area (Å²) in [5, 5.41) is 13.9. The molecule has 0 spiro atoms. The number of imidazole rings is 1. The highest BCUT2D eigenvalue weighted by molar-refractivity contribution is 5.71. The normalized spacial score (nSPS) is 14.6. The molecule has 1 aromatic carbocycles. The van der Waals surface area contributed by atoms with E-state index in [1.54, 1.807) is 23.2 Å². The quantitative estimate of drug-likeness (QED) is 0.477. The molecule has 1 N–H and O–H groups in total. The van der Waals surface area contributed by atoms with Crippen LogP contribution in [0, 0.1) is 5.82 Å². The van der Waals surface area contributed by atoms with E-state index in [-0.39, 0.29) is 23.8 Å². The van der Waals surface area contributed by atoms with Crippen molar-refractivity contribution in [3.05, 3.63) is 54.6 Å². The molecule has 0 unspecified atom stereocenters. The zero-order valence-electron chi connectivity index (χ0n) is 18.8. The van der Waals surface area contributed by atoms with Gasteiger partial charge in [-0.25, -0.2) is 19.2 Å². The van der Waals surface area contributed by atoms with E-state index in [9.17, 15) is 9.18 Å². The summed E-state index contributed by atoms with van der Waals surface area (Å²) in [5.41, 5.74) is 2.46. The summed E-state index contributed by atoms with van der Waals surface area (Å²) in [6.07, 6.45) is 7.96. The monoisotopic (exact) mass is 465 g/mol. The number of carbonyl (C=O) groups is 1. The van der Waals surface area contributed by atoms with E-state index in [1.807, 2.05) is 30.6 Å². The molecule has 176 valence electrons. The van der Waals surface area contributed by atoms with Gasteiger partial charge in [0, 0.05) is 49.0 Å². The maximum Gasteiger partial charge on any atom is 0.410 e. The second-order valence-electron chi connectivity index (χ2n) is 8.39. The highest BCUT2D eigenvalue weighted by atomic mass is 19.1. The van der Waals surface area contributed by atoms with Crippen LogP contribution in [0.5, 0.6) is 0 Å². The number of tetrazole rings is 1. The predicted molar refractivity (Wildman–Crippen MR) is 121 cm³/mol. The smallest absolute Gasteiger partial charge is 0.410 e. The number of aromatic nitrogens is 7. The van der Waals surface area contributed by atoms with E-state index in [4.69, 9.17) is 4.74 Å². The number of likely N-dealkylation sites (tertiary alicyclic amines) is 1. The first-order valence-electron chi connectivity index (χ1n) is 11.1. The van der Waals surface area contributed by atoms with Crippen LogP contribution in [0.2, 0.25) is 0 Å². The third-order valence-electron chi connectivity index (χ3n) is 5.77. The van der Waals surface area contributed by atoms with Crippen LogP contribution in [0.4, 0.5) is 20.7 Å². The number of fused-ring (bicyclic) bond motifs is 1. The molecule has 5 rings (SSSR count). The lowest BCUT2D eigenvalue weighted by Crippen LogP contribution is -2.39. The Balaban J connectivity index is 1.32. The fourth-order valence-electron chi connectivity index (χ4n) is 4.14. The van der Waals surface area contributed by atoms with Crippen LogP contribution in [0.1, 0.15) is 38.3 Å². The number of nitrogens with zero attached hydrogens (tertiary/aromatic N) is 8. The molecule has 0 saturated carbocycles. The van der Waals surface area contributed by atoms with E-state index in [0.29, 0.717) is 30.2 Å². The highest BCUT2D eigenvalue weighted by Gasteiger charge is 2.27. The van der Waals surface area contributed by atoms with E-state index in [1.165, 1.54) is 17.1 Å². The zero-order chi connectivity index (χ0) is 23.7. The molecule has 0 atom stereocenters. The van der Waals surface area contributed by atoms with Gasteiger partial charge >= 0.3 is 6.09 Å². The van der Waals surface area contributed by atoms with Crippen molar-refractivity contribution in [3.63, 3.8) is 0 Å². The van der Waals surface area contributed by atoms with Gasteiger partial charge in [0.2, 0.25) is 0 Å². The fourth-order valence-corrected chi connectivity index (χ4v) is 4.14. The van der Waals surface area contributed by atoms with Gasteiger partial charge in [0.1, 0.15) is 12.0 Å². The van der Waals surface area contributed by atoms with E-state index in [2.05, 4.69) is 30.8 Å². The van der Waals surface area contributed by atoms with Crippen molar-refractivity contribution in [2.24, 2.45) is 0 Å². The van der Waals surface area contributed by atoms with Gasteiger partial charge in [0.25, 0.3) is 0 Å². The van der Waals surface area contributed by atoms with E-state index in [0.717, 1.165) is 18.5 Å². The van der Waals surface area contributed by atoms with Crippen molar-refractivity contribution in [2.45, 2.75) is 38.7 Å². The van der Waals surface area contributed by atoms with Crippen LogP contribution < -0.4 is 5.32 Å². The Bertz CT molecular complexity index is 1300. The summed E-state index contributed by atoms with van der Waals surface area (Å²) in [7, 11) is 0. The summed E-state index contributed by atoms with van der Waals surface area (Å²) >= 11 is 0. The van der Waals surface area contributed by atoms with Gasteiger partial charge in [-0.05, 0) is 55.3 Å². The second-order valence-corrected chi connectivity index (χ2v) is 8.39. The molecule has 0 radical (unpaired) electrons. The number of nitrogens with one attached hydrogen (secondary N) is 1. The van der Waals surface area contributed by atoms with Gasteiger partial charge in [0.05, 0.1) is 6.10 Å². The highest BCUT2D eigenvalue weighted by Crippen LogP contribution is 2.31. The lowest BCUT2D eigenvalue weighted by Gasteiger charge is -2.31.